The number of aryl methyl sites for hydroxylation is 1. The zero-order valence-electron chi connectivity index (χ0n) is 25.4. The number of piperidine rings is 1. The van der Waals surface area contributed by atoms with Crippen molar-refractivity contribution >= 4 is 27.3 Å². The van der Waals surface area contributed by atoms with Gasteiger partial charge >= 0.3 is 0 Å². The van der Waals surface area contributed by atoms with Crippen LogP contribution in [0, 0.1) is 32.6 Å². The van der Waals surface area contributed by atoms with Gasteiger partial charge in [0.1, 0.15) is 12.4 Å². The summed E-state index contributed by atoms with van der Waals surface area (Å²) in [4.78, 5) is 16.7. The van der Waals surface area contributed by atoms with E-state index in [2.05, 4.69) is 41.8 Å². The highest BCUT2D eigenvalue weighted by Gasteiger charge is 2.33. The first-order chi connectivity index (χ1) is 19.5. The number of amides is 1. The van der Waals surface area contributed by atoms with Crippen LogP contribution >= 0.6 is 11.3 Å². The number of methoxy groups -OCH3 is 1. The number of nitrogens with zero attached hydrogens (tertiary/aromatic N) is 2. The van der Waals surface area contributed by atoms with Gasteiger partial charge in [0.25, 0.3) is 0 Å². The van der Waals surface area contributed by atoms with Crippen LogP contribution in [0.4, 0.5) is 0 Å². The van der Waals surface area contributed by atoms with Crippen molar-refractivity contribution in [1.82, 2.24) is 14.5 Å². The van der Waals surface area contributed by atoms with E-state index in [0.29, 0.717) is 66.6 Å². The number of ether oxygens (including phenoxy) is 2. The molecule has 1 aromatic carbocycles. The van der Waals surface area contributed by atoms with Crippen LogP contribution in [0.2, 0.25) is 0 Å². The van der Waals surface area contributed by atoms with Crippen molar-refractivity contribution in [1.29, 1.82) is 0 Å². The summed E-state index contributed by atoms with van der Waals surface area (Å²) in [6.45, 7) is 7.00. The van der Waals surface area contributed by atoms with Gasteiger partial charge in [-0.15, -0.1) is 11.3 Å². The third-order valence-electron chi connectivity index (χ3n) is 8.96. The SMILES string of the molecule is COc1cc(C)c(S(=O)(=O)N2CCC(OCC(=O)NCC3CCC(C(c4cccs4)N(C)C)CC3)CC2)c(C)c1C. The largest absolute Gasteiger partial charge is 0.496 e. The topological polar surface area (TPSA) is 88.2 Å². The molecule has 1 aliphatic heterocycles. The maximum absolute atomic E-state index is 13.5. The molecule has 2 heterocycles. The average Bonchev–Trinajstić information content (AvgIpc) is 3.47. The fraction of sp³-hybridized carbons (Fsp3) is 0.645. The Morgan fingerprint density at radius 3 is 2.37 bits per heavy atom. The zero-order chi connectivity index (χ0) is 29.7. The number of sulfonamides is 1. The highest BCUT2D eigenvalue weighted by molar-refractivity contribution is 7.89. The molecule has 1 atom stereocenters. The molecule has 2 fully saturated rings. The first-order valence-corrected chi connectivity index (χ1v) is 17.1. The number of hydrogen-bond acceptors (Lipinski definition) is 7. The summed E-state index contributed by atoms with van der Waals surface area (Å²) in [7, 11) is 2.30. The molecule has 0 radical (unpaired) electrons. The Labute approximate surface area is 250 Å². The fourth-order valence-electron chi connectivity index (χ4n) is 6.58. The minimum atomic E-state index is -3.63. The zero-order valence-corrected chi connectivity index (χ0v) is 27.1. The van der Waals surface area contributed by atoms with E-state index in [1.54, 1.807) is 17.5 Å². The third-order valence-corrected chi connectivity index (χ3v) is 12.1. The Bertz CT molecular complexity index is 1260. The molecule has 2 aliphatic rings. The van der Waals surface area contributed by atoms with Crippen molar-refractivity contribution in [2.24, 2.45) is 11.8 Å². The van der Waals surface area contributed by atoms with Gasteiger partial charge in [-0.2, -0.15) is 4.31 Å². The molecule has 1 aromatic heterocycles. The van der Waals surface area contributed by atoms with Crippen LogP contribution in [-0.2, 0) is 19.6 Å². The predicted octanol–water partition coefficient (Wildman–Crippen LogP) is 5.08. The van der Waals surface area contributed by atoms with E-state index < -0.39 is 10.0 Å². The minimum absolute atomic E-state index is 0.0176. The van der Waals surface area contributed by atoms with E-state index in [9.17, 15) is 13.2 Å². The lowest BCUT2D eigenvalue weighted by Gasteiger charge is -2.37. The summed E-state index contributed by atoms with van der Waals surface area (Å²) in [6, 6.07) is 6.64. The van der Waals surface area contributed by atoms with Crippen LogP contribution in [0.3, 0.4) is 0 Å². The van der Waals surface area contributed by atoms with Gasteiger partial charge in [0.15, 0.2) is 0 Å². The number of carbonyl (C=O) groups excluding carboxylic acids is 1. The van der Waals surface area contributed by atoms with Crippen LogP contribution in [-0.4, -0.2) is 77.1 Å². The van der Waals surface area contributed by atoms with Gasteiger partial charge < -0.3 is 19.7 Å². The molecule has 1 aliphatic carbocycles. The van der Waals surface area contributed by atoms with Crippen LogP contribution in [0.15, 0.2) is 28.5 Å². The van der Waals surface area contributed by atoms with Crippen LogP contribution in [0.25, 0.3) is 0 Å². The lowest BCUT2D eigenvalue weighted by atomic mass is 9.77. The molecule has 1 saturated heterocycles. The third kappa shape index (κ3) is 7.51. The molecule has 8 nitrogen and oxygen atoms in total. The quantitative estimate of drug-likeness (QED) is 0.385. The van der Waals surface area contributed by atoms with Crippen molar-refractivity contribution in [2.45, 2.75) is 76.3 Å². The van der Waals surface area contributed by atoms with Gasteiger partial charge in [-0.05, 0) is 119 Å². The van der Waals surface area contributed by atoms with E-state index in [1.807, 2.05) is 32.1 Å². The Hall–Kier alpha value is -1.98. The molecule has 10 heteroatoms. The Balaban J connectivity index is 1.19. The number of carbonyl (C=O) groups is 1. The molecule has 1 unspecified atom stereocenters. The van der Waals surface area contributed by atoms with Crippen molar-refractivity contribution in [3.8, 4) is 5.75 Å². The molecule has 0 spiro atoms. The van der Waals surface area contributed by atoms with E-state index in [1.165, 1.54) is 17.7 Å². The average molecular weight is 606 g/mol. The molecule has 1 amide bonds. The maximum atomic E-state index is 13.5. The van der Waals surface area contributed by atoms with Crippen LogP contribution in [0.1, 0.15) is 66.1 Å². The van der Waals surface area contributed by atoms with E-state index >= 15 is 0 Å². The molecule has 1 N–H and O–H groups in total. The minimum Gasteiger partial charge on any atom is -0.496 e. The van der Waals surface area contributed by atoms with Crippen LogP contribution in [0.5, 0.6) is 5.75 Å². The number of nitrogens with one attached hydrogen (secondary N) is 1. The van der Waals surface area contributed by atoms with Gasteiger partial charge in [-0.1, -0.05) is 6.07 Å². The lowest BCUT2D eigenvalue weighted by Crippen LogP contribution is -2.42. The number of hydrogen-bond donors (Lipinski definition) is 1. The molecule has 2 aromatic rings. The second-order valence-electron chi connectivity index (χ2n) is 11.9. The van der Waals surface area contributed by atoms with E-state index in [4.69, 9.17) is 9.47 Å². The highest BCUT2D eigenvalue weighted by Crippen LogP contribution is 2.40. The summed E-state index contributed by atoms with van der Waals surface area (Å²) >= 11 is 1.84. The second-order valence-corrected chi connectivity index (χ2v) is 14.8. The highest BCUT2D eigenvalue weighted by atomic mass is 32.2. The number of benzene rings is 1. The van der Waals surface area contributed by atoms with E-state index in [0.717, 1.165) is 24.0 Å². The lowest BCUT2D eigenvalue weighted by molar-refractivity contribution is -0.128. The summed E-state index contributed by atoms with van der Waals surface area (Å²) in [6.07, 6.45) is 5.62. The van der Waals surface area contributed by atoms with Gasteiger partial charge in [-0.3, -0.25) is 4.79 Å². The molecule has 0 bridgehead atoms. The fourth-order valence-corrected chi connectivity index (χ4v) is 9.55. The normalized spacial score (nSPS) is 21.6. The molecular weight excluding hydrogens is 558 g/mol. The second kappa shape index (κ2) is 14.0. The molecule has 228 valence electrons. The Morgan fingerprint density at radius 1 is 1.10 bits per heavy atom. The van der Waals surface area contributed by atoms with Gasteiger partial charge in [0.05, 0.1) is 18.1 Å². The Kier molecular flexibility index (Phi) is 10.9. The van der Waals surface area contributed by atoms with Crippen molar-refractivity contribution in [3.05, 3.63) is 45.1 Å². The molecular formula is C31H47N3O5S2. The van der Waals surface area contributed by atoms with Crippen molar-refractivity contribution in [2.75, 3.05) is 47.4 Å². The van der Waals surface area contributed by atoms with Gasteiger partial charge in [0.2, 0.25) is 15.9 Å². The van der Waals surface area contributed by atoms with Gasteiger partial charge in [0, 0.05) is 30.6 Å². The smallest absolute Gasteiger partial charge is 0.246 e. The summed E-state index contributed by atoms with van der Waals surface area (Å²) in [5.74, 6) is 1.76. The molecule has 1 saturated carbocycles. The number of thiophene rings is 1. The predicted molar refractivity (Wildman–Crippen MR) is 164 cm³/mol. The van der Waals surface area contributed by atoms with E-state index in [-0.39, 0.29) is 18.6 Å². The number of rotatable bonds is 11. The first-order valence-electron chi connectivity index (χ1n) is 14.8. The Morgan fingerprint density at radius 2 is 1.78 bits per heavy atom. The van der Waals surface area contributed by atoms with Crippen molar-refractivity contribution < 1.29 is 22.7 Å². The summed E-state index contributed by atoms with van der Waals surface area (Å²) in [5, 5.41) is 5.24. The van der Waals surface area contributed by atoms with Gasteiger partial charge in [-0.25, -0.2) is 8.42 Å². The first kappa shape index (κ1) is 31.9. The molecule has 4 rings (SSSR count). The molecule has 41 heavy (non-hydrogen) atoms. The van der Waals surface area contributed by atoms with Crippen LogP contribution < -0.4 is 10.1 Å². The summed E-state index contributed by atoms with van der Waals surface area (Å²) < 4.78 is 39.9. The maximum Gasteiger partial charge on any atom is 0.246 e. The monoisotopic (exact) mass is 605 g/mol. The standard InChI is InChI=1S/C31H47N3O5S2/c1-21-18-27(38-6)22(2)23(3)31(21)41(36,37)34-15-13-26(14-16-34)39-20-29(35)32-19-24-9-11-25(12-10-24)30(33(4)5)28-8-7-17-40-28/h7-8,17-18,24-26,30H,9-16,19-20H2,1-6H3,(H,32,35). The van der Waals surface area contributed by atoms with Crippen molar-refractivity contribution in [3.63, 3.8) is 0 Å². The summed E-state index contributed by atoms with van der Waals surface area (Å²) in [5.41, 5.74) is 2.25.